The highest BCUT2D eigenvalue weighted by molar-refractivity contribution is 7.09. The third-order valence-electron chi connectivity index (χ3n) is 2.72. The van der Waals surface area contributed by atoms with Gasteiger partial charge >= 0.3 is 0 Å². The standard InChI is InChI=1S/C14H17N3OS.2ClH/c1-10-9-19-13(17-10)8-16-14(18)12(15)7-11-5-3-2-4-6-11;;/h2-6,9,12H,7-8,15H2,1H3,(H,16,18);2*1H/t12-;;/m0../s1. The number of aromatic nitrogens is 1. The first-order valence-electron chi connectivity index (χ1n) is 6.13. The van der Waals surface area contributed by atoms with Crippen molar-refractivity contribution in [3.8, 4) is 0 Å². The molecule has 1 aromatic heterocycles. The van der Waals surface area contributed by atoms with Crippen molar-refractivity contribution in [1.82, 2.24) is 10.3 Å². The van der Waals surface area contributed by atoms with Crippen molar-refractivity contribution in [3.05, 3.63) is 52.0 Å². The summed E-state index contributed by atoms with van der Waals surface area (Å²) in [5.74, 6) is -0.142. The number of carbonyl (C=O) groups is 1. The second-order valence-electron chi connectivity index (χ2n) is 4.40. The van der Waals surface area contributed by atoms with Crippen molar-refractivity contribution in [1.29, 1.82) is 0 Å². The van der Waals surface area contributed by atoms with Gasteiger partial charge in [-0.15, -0.1) is 36.2 Å². The third-order valence-corrected chi connectivity index (χ3v) is 3.68. The molecule has 0 aliphatic carbocycles. The van der Waals surface area contributed by atoms with Crippen LogP contribution in [0, 0.1) is 6.92 Å². The number of carbonyl (C=O) groups excluding carboxylic acids is 1. The molecule has 0 fully saturated rings. The van der Waals surface area contributed by atoms with Crippen molar-refractivity contribution in [2.24, 2.45) is 5.73 Å². The lowest BCUT2D eigenvalue weighted by atomic mass is 10.1. The zero-order valence-corrected chi connectivity index (χ0v) is 14.1. The van der Waals surface area contributed by atoms with E-state index in [9.17, 15) is 4.79 Å². The molecule has 1 amide bonds. The minimum absolute atomic E-state index is 0. The molecular formula is C14H19Cl2N3OS. The highest BCUT2D eigenvalue weighted by Crippen LogP contribution is 2.08. The zero-order chi connectivity index (χ0) is 13.7. The largest absolute Gasteiger partial charge is 0.348 e. The molecule has 0 bridgehead atoms. The number of rotatable bonds is 5. The summed E-state index contributed by atoms with van der Waals surface area (Å²) >= 11 is 1.54. The van der Waals surface area contributed by atoms with Crippen LogP contribution in [0.25, 0.3) is 0 Å². The number of halogens is 2. The van der Waals surface area contributed by atoms with E-state index in [1.54, 1.807) is 11.3 Å². The molecule has 1 heterocycles. The van der Waals surface area contributed by atoms with Gasteiger partial charge < -0.3 is 11.1 Å². The SMILES string of the molecule is Cc1csc(CNC(=O)[C@@H](N)Cc2ccccc2)n1.Cl.Cl. The number of nitrogens with zero attached hydrogens (tertiary/aromatic N) is 1. The fraction of sp³-hybridized carbons (Fsp3) is 0.286. The van der Waals surface area contributed by atoms with Gasteiger partial charge in [0.05, 0.1) is 12.6 Å². The van der Waals surface area contributed by atoms with Crippen LogP contribution >= 0.6 is 36.2 Å². The molecule has 0 saturated carbocycles. The van der Waals surface area contributed by atoms with E-state index in [0.29, 0.717) is 13.0 Å². The summed E-state index contributed by atoms with van der Waals surface area (Å²) in [7, 11) is 0. The minimum Gasteiger partial charge on any atom is -0.348 e. The van der Waals surface area contributed by atoms with E-state index in [1.807, 2.05) is 42.6 Å². The molecular weight excluding hydrogens is 329 g/mol. The molecule has 4 nitrogen and oxygen atoms in total. The fourth-order valence-electron chi connectivity index (χ4n) is 1.74. The van der Waals surface area contributed by atoms with Crippen molar-refractivity contribution >= 4 is 42.1 Å². The molecule has 7 heteroatoms. The number of nitrogens with two attached hydrogens (primary N) is 1. The Bertz CT molecular complexity index is 548. The van der Waals surface area contributed by atoms with Gasteiger partial charge in [-0.1, -0.05) is 30.3 Å². The smallest absolute Gasteiger partial charge is 0.237 e. The van der Waals surface area contributed by atoms with E-state index in [4.69, 9.17) is 5.73 Å². The summed E-state index contributed by atoms with van der Waals surface area (Å²) in [4.78, 5) is 16.2. The second kappa shape index (κ2) is 9.73. The maximum Gasteiger partial charge on any atom is 0.237 e. The minimum atomic E-state index is -0.525. The Labute approximate surface area is 141 Å². The van der Waals surface area contributed by atoms with Gasteiger partial charge in [0.15, 0.2) is 0 Å². The van der Waals surface area contributed by atoms with Gasteiger partial charge in [0.1, 0.15) is 5.01 Å². The van der Waals surface area contributed by atoms with Gasteiger partial charge in [-0.2, -0.15) is 0 Å². The van der Waals surface area contributed by atoms with E-state index >= 15 is 0 Å². The Hall–Kier alpha value is -1.14. The molecule has 3 N–H and O–H groups in total. The fourth-order valence-corrected chi connectivity index (χ4v) is 2.45. The highest BCUT2D eigenvalue weighted by Gasteiger charge is 2.14. The quantitative estimate of drug-likeness (QED) is 0.872. The summed E-state index contributed by atoms with van der Waals surface area (Å²) < 4.78 is 0. The highest BCUT2D eigenvalue weighted by atomic mass is 35.5. The predicted octanol–water partition coefficient (Wildman–Crippen LogP) is 2.48. The molecule has 0 aliphatic rings. The first kappa shape index (κ1) is 19.9. The molecule has 0 unspecified atom stereocenters. The van der Waals surface area contributed by atoms with Crippen LogP contribution in [0.5, 0.6) is 0 Å². The Morgan fingerprint density at radius 1 is 1.33 bits per heavy atom. The van der Waals surface area contributed by atoms with Crippen LogP contribution in [0.4, 0.5) is 0 Å². The van der Waals surface area contributed by atoms with Gasteiger partial charge in [0, 0.05) is 11.1 Å². The monoisotopic (exact) mass is 347 g/mol. The van der Waals surface area contributed by atoms with Crippen LogP contribution < -0.4 is 11.1 Å². The van der Waals surface area contributed by atoms with Gasteiger partial charge in [0.25, 0.3) is 0 Å². The Morgan fingerprint density at radius 3 is 2.57 bits per heavy atom. The van der Waals surface area contributed by atoms with E-state index in [2.05, 4.69) is 10.3 Å². The molecule has 0 aliphatic heterocycles. The van der Waals surface area contributed by atoms with E-state index < -0.39 is 6.04 Å². The molecule has 116 valence electrons. The van der Waals surface area contributed by atoms with Crippen LogP contribution in [0.1, 0.15) is 16.3 Å². The normalized spacial score (nSPS) is 11.0. The summed E-state index contributed by atoms with van der Waals surface area (Å²) in [6.07, 6.45) is 0.545. The van der Waals surface area contributed by atoms with E-state index in [1.165, 1.54) is 0 Å². The molecule has 0 spiro atoms. The van der Waals surface area contributed by atoms with Crippen LogP contribution in [0.3, 0.4) is 0 Å². The van der Waals surface area contributed by atoms with Crippen molar-refractivity contribution in [2.45, 2.75) is 25.9 Å². The van der Waals surface area contributed by atoms with Gasteiger partial charge in [-0.05, 0) is 18.9 Å². The first-order valence-corrected chi connectivity index (χ1v) is 7.01. The van der Waals surface area contributed by atoms with Crippen molar-refractivity contribution in [2.75, 3.05) is 0 Å². The lowest BCUT2D eigenvalue weighted by Gasteiger charge is -2.11. The Morgan fingerprint density at radius 2 is 2.00 bits per heavy atom. The molecule has 2 aromatic rings. The maximum absolute atomic E-state index is 11.9. The Balaban J connectivity index is 0.00000200. The second-order valence-corrected chi connectivity index (χ2v) is 5.34. The molecule has 2 rings (SSSR count). The average molecular weight is 348 g/mol. The number of amides is 1. The number of aryl methyl sites for hydroxylation is 1. The van der Waals surface area contributed by atoms with E-state index in [-0.39, 0.29) is 30.7 Å². The zero-order valence-electron chi connectivity index (χ0n) is 11.6. The predicted molar refractivity (Wildman–Crippen MR) is 91.3 cm³/mol. The maximum atomic E-state index is 11.9. The summed E-state index contributed by atoms with van der Waals surface area (Å²) in [6, 6.07) is 9.24. The van der Waals surface area contributed by atoms with Crippen LogP contribution in [-0.2, 0) is 17.8 Å². The lowest BCUT2D eigenvalue weighted by molar-refractivity contribution is -0.122. The number of nitrogens with one attached hydrogen (secondary N) is 1. The number of hydrogen-bond acceptors (Lipinski definition) is 4. The third kappa shape index (κ3) is 6.44. The molecule has 21 heavy (non-hydrogen) atoms. The van der Waals surface area contributed by atoms with Crippen molar-refractivity contribution in [3.63, 3.8) is 0 Å². The molecule has 0 saturated heterocycles. The Kier molecular flexibility index (Phi) is 9.21. The molecule has 1 atom stereocenters. The topological polar surface area (TPSA) is 68.0 Å². The summed E-state index contributed by atoms with van der Waals surface area (Å²) in [5, 5.41) is 5.68. The summed E-state index contributed by atoms with van der Waals surface area (Å²) in [5.41, 5.74) is 7.93. The number of hydrogen-bond donors (Lipinski definition) is 2. The first-order chi connectivity index (χ1) is 9.15. The molecule has 0 radical (unpaired) electrons. The van der Waals surface area contributed by atoms with Gasteiger partial charge in [0.2, 0.25) is 5.91 Å². The van der Waals surface area contributed by atoms with Gasteiger partial charge in [-0.25, -0.2) is 4.98 Å². The van der Waals surface area contributed by atoms with Crippen LogP contribution in [0.2, 0.25) is 0 Å². The lowest BCUT2D eigenvalue weighted by Crippen LogP contribution is -2.41. The molecule has 1 aromatic carbocycles. The number of benzene rings is 1. The van der Waals surface area contributed by atoms with Crippen LogP contribution in [0.15, 0.2) is 35.7 Å². The average Bonchev–Trinajstić information content (AvgIpc) is 2.83. The van der Waals surface area contributed by atoms with Gasteiger partial charge in [-0.3, -0.25) is 4.79 Å². The summed E-state index contributed by atoms with van der Waals surface area (Å²) in [6.45, 7) is 2.38. The van der Waals surface area contributed by atoms with Crippen molar-refractivity contribution < 1.29 is 4.79 Å². The van der Waals surface area contributed by atoms with E-state index in [0.717, 1.165) is 16.3 Å². The number of thiazole rings is 1. The van der Waals surface area contributed by atoms with Crippen LogP contribution in [-0.4, -0.2) is 16.9 Å².